The molecule has 0 aliphatic rings. The first-order chi connectivity index (χ1) is 10.5. The smallest absolute Gasteiger partial charge is 0.416 e. The number of hydrogen-bond donors (Lipinski definition) is 1. The average molecular weight is 331 g/mol. The van der Waals surface area contributed by atoms with E-state index in [1.807, 2.05) is 0 Å². The van der Waals surface area contributed by atoms with Gasteiger partial charge in [0.1, 0.15) is 11.9 Å². The molecule has 1 rings (SSSR count). The minimum absolute atomic E-state index is 0.272. The van der Waals surface area contributed by atoms with E-state index in [4.69, 9.17) is 4.74 Å². The summed E-state index contributed by atoms with van der Waals surface area (Å²) in [4.78, 5) is 22.6. The zero-order valence-corrected chi connectivity index (χ0v) is 13.2. The molecule has 0 aliphatic heterocycles. The highest BCUT2D eigenvalue weighted by atomic mass is 19.4. The molecule has 23 heavy (non-hydrogen) atoms. The fourth-order valence-corrected chi connectivity index (χ4v) is 1.82. The molecule has 1 atom stereocenters. The fourth-order valence-electron chi connectivity index (χ4n) is 1.82. The summed E-state index contributed by atoms with van der Waals surface area (Å²) in [6.45, 7) is 5.10. The van der Waals surface area contributed by atoms with Crippen LogP contribution in [-0.2, 0) is 22.1 Å². The number of hydrogen-bond acceptors (Lipinski definition) is 3. The third kappa shape index (κ3) is 7.17. The van der Waals surface area contributed by atoms with Gasteiger partial charge in [-0.05, 0) is 51.3 Å². The molecule has 0 spiro atoms. The van der Waals surface area contributed by atoms with Gasteiger partial charge in [0.15, 0.2) is 0 Å². The fraction of sp³-hybridized carbons (Fsp3) is 0.500. The molecule has 128 valence electrons. The van der Waals surface area contributed by atoms with E-state index in [9.17, 15) is 22.8 Å². The summed E-state index contributed by atoms with van der Waals surface area (Å²) >= 11 is 0. The molecule has 0 radical (unpaired) electrons. The van der Waals surface area contributed by atoms with Gasteiger partial charge in [0.25, 0.3) is 0 Å². The van der Waals surface area contributed by atoms with Crippen LogP contribution < -0.4 is 5.32 Å². The predicted molar refractivity (Wildman–Crippen MR) is 79.0 cm³/mol. The van der Waals surface area contributed by atoms with E-state index in [0.717, 1.165) is 12.1 Å². The van der Waals surface area contributed by atoms with Crippen molar-refractivity contribution in [2.75, 3.05) is 0 Å². The van der Waals surface area contributed by atoms with Crippen LogP contribution >= 0.6 is 0 Å². The molecule has 0 fully saturated rings. The Morgan fingerprint density at radius 2 is 1.78 bits per heavy atom. The normalized spacial score (nSPS) is 13.3. The highest BCUT2D eigenvalue weighted by molar-refractivity contribution is 5.73. The van der Waals surface area contributed by atoms with Crippen molar-refractivity contribution in [1.82, 2.24) is 5.32 Å². The zero-order chi connectivity index (χ0) is 17.7. The number of nitrogens with one attached hydrogen (secondary N) is 1. The van der Waals surface area contributed by atoms with E-state index in [1.165, 1.54) is 12.1 Å². The number of alkyl carbamates (subject to hydrolysis) is 1. The molecule has 1 aromatic rings. The first-order valence-electron chi connectivity index (χ1n) is 7.12. The third-order valence-corrected chi connectivity index (χ3v) is 2.89. The van der Waals surface area contributed by atoms with Crippen LogP contribution in [0.25, 0.3) is 0 Å². The van der Waals surface area contributed by atoms with Crippen LogP contribution in [0.15, 0.2) is 24.3 Å². The number of amides is 1. The highest BCUT2D eigenvalue weighted by Gasteiger charge is 2.29. The number of carbonyl (C=O) groups is 2. The van der Waals surface area contributed by atoms with E-state index in [-0.39, 0.29) is 6.42 Å². The number of alkyl halides is 3. The van der Waals surface area contributed by atoms with Crippen molar-refractivity contribution >= 4 is 12.4 Å². The lowest BCUT2D eigenvalue weighted by molar-refractivity contribution is -0.137. The van der Waals surface area contributed by atoms with Gasteiger partial charge in [-0.25, -0.2) is 4.79 Å². The van der Waals surface area contributed by atoms with Crippen molar-refractivity contribution in [3.05, 3.63) is 35.4 Å². The van der Waals surface area contributed by atoms with Crippen molar-refractivity contribution in [3.63, 3.8) is 0 Å². The number of ether oxygens (including phenoxy) is 1. The quantitative estimate of drug-likeness (QED) is 0.837. The maximum absolute atomic E-state index is 12.5. The lowest BCUT2D eigenvalue weighted by Gasteiger charge is -2.21. The summed E-state index contributed by atoms with van der Waals surface area (Å²) in [5, 5.41) is 2.42. The van der Waals surface area contributed by atoms with Crippen LogP contribution in [0.1, 0.15) is 38.3 Å². The molecule has 1 amide bonds. The summed E-state index contributed by atoms with van der Waals surface area (Å²) in [7, 11) is 0. The van der Waals surface area contributed by atoms with Crippen LogP contribution in [-0.4, -0.2) is 24.0 Å². The van der Waals surface area contributed by atoms with E-state index in [0.29, 0.717) is 18.3 Å². The first kappa shape index (κ1) is 19.0. The molecule has 1 N–H and O–H groups in total. The lowest BCUT2D eigenvalue weighted by Crippen LogP contribution is -2.40. The predicted octanol–water partition coefficient (Wildman–Crippen LogP) is 3.73. The van der Waals surface area contributed by atoms with Gasteiger partial charge in [0.2, 0.25) is 0 Å². The Bertz CT molecular complexity index is 533. The Balaban J connectivity index is 2.54. The van der Waals surface area contributed by atoms with Gasteiger partial charge in [0.05, 0.1) is 11.6 Å². The Morgan fingerprint density at radius 1 is 1.22 bits per heavy atom. The van der Waals surface area contributed by atoms with Crippen molar-refractivity contribution in [3.8, 4) is 0 Å². The molecule has 0 heterocycles. The largest absolute Gasteiger partial charge is 0.444 e. The Labute approximate surface area is 133 Å². The summed E-state index contributed by atoms with van der Waals surface area (Å²) < 4.78 is 42.4. The second kappa shape index (κ2) is 7.48. The minimum Gasteiger partial charge on any atom is -0.444 e. The number of halogens is 3. The van der Waals surface area contributed by atoms with Crippen LogP contribution in [0.4, 0.5) is 18.0 Å². The average Bonchev–Trinajstić information content (AvgIpc) is 2.41. The SMILES string of the molecule is CC(C)(C)OC(=O)NC(C=O)CCc1ccc(C(F)(F)F)cc1. The van der Waals surface area contributed by atoms with Gasteiger partial charge in [-0.2, -0.15) is 13.2 Å². The van der Waals surface area contributed by atoms with E-state index < -0.39 is 29.5 Å². The first-order valence-corrected chi connectivity index (χ1v) is 7.12. The molecule has 0 aliphatic carbocycles. The number of benzene rings is 1. The second-order valence-corrected chi connectivity index (χ2v) is 6.12. The number of aldehydes is 1. The van der Waals surface area contributed by atoms with Gasteiger partial charge in [-0.3, -0.25) is 0 Å². The topological polar surface area (TPSA) is 55.4 Å². The van der Waals surface area contributed by atoms with E-state index in [2.05, 4.69) is 5.32 Å². The lowest BCUT2D eigenvalue weighted by atomic mass is 10.0. The third-order valence-electron chi connectivity index (χ3n) is 2.89. The molecular weight excluding hydrogens is 311 g/mol. The Morgan fingerprint density at radius 3 is 2.22 bits per heavy atom. The minimum atomic E-state index is -4.37. The van der Waals surface area contributed by atoms with Gasteiger partial charge in [-0.15, -0.1) is 0 Å². The second-order valence-electron chi connectivity index (χ2n) is 6.12. The highest BCUT2D eigenvalue weighted by Crippen LogP contribution is 2.29. The number of carbonyl (C=O) groups excluding carboxylic acids is 2. The number of aryl methyl sites for hydroxylation is 1. The van der Waals surface area contributed by atoms with Gasteiger partial charge >= 0.3 is 12.3 Å². The Kier molecular flexibility index (Phi) is 6.18. The number of rotatable bonds is 5. The van der Waals surface area contributed by atoms with Gasteiger partial charge < -0.3 is 14.8 Å². The molecular formula is C16H20F3NO3. The zero-order valence-electron chi connectivity index (χ0n) is 13.2. The molecule has 7 heteroatoms. The summed E-state index contributed by atoms with van der Waals surface area (Å²) in [5.74, 6) is 0. The summed E-state index contributed by atoms with van der Waals surface area (Å²) in [6, 6.07) is 3.95. The molecule has 0 saturated heterocycles. The van der Waals surface area contributed by atoms with Crippen molar-refractivity contribution < 1.29 is 27.5 Å². The molecule has 4 nitrogen and oxygen atoms in total. The monoisotopic (exact) mass is 331 g/mol. The van der Waals surface area contributed by atoms with Crippen molar-refractivity contribution in [2.24, 2.45) is 0 Å². The maximum Gasteiger partial charge on any atom is 0.416 e. The molecule has 0 aromatic heterocycles. The maximum atomic E-state index is 12.5. The van der Waals surface area contributed by atoms with Crippen LogP contribution in [0.5, 0.6) is 0 Å². The van der Waals surface area contributed by atoms with Crippen LogP contribution in [0.3, 0.4) is 0 Å². The molecule has 1 unspecified atom stereocenters. The molecule has 0 bridgehead atoms. The Hall–Kier alpha value is -2.05. The van der Waals surface area contributed by atoms with Gasteiger partial charge in [0, 0.05) is 0 Å². The summed E-state index contributed by atoms with van der Waals surface area (Å²) in [6.07, 6.45) is -3.87. The van der Waals surface area contributed by atoms with Gasteiger partial charge in [-0.1, -0.05) is 12.1 Å². The van der Waals surface area contributed by atoms with Crippen LogP contribution in [0.2, 0.25) is 0 Å². The van der Waals surface area contributed by atoms with Crippen molar-refractivity contribution in [1.29, 1.82) is 0 Å². The van der Waals surface area contributed by atoms with Crippen molar-refractivity contribution in [2.45, 2.75) is 51.4 Å². The molecule has 0 saturated carbocycles. The van der Waals surface area contributed by atoms with E-state index in [1.54, 1.807) is 20.8 Å². The van der Waals surface area contributed by atoms with E-state index >= 15 is 0 Å². The standard InChI is InChI=1S/C16H20F3NO3/c1-15(2,3)23-14(22)20-13(10-21)9-6-11-4-7-12(8-5-11)16(17,18)19/h4-5,7-8,10,13H,6,9H2,1-3H3,(H,20,22). The molecule has 1 aromatic carbocycles. The van der Waals surface area contributed by atoms with Crippen LogP contribution in [0, 0.1) is 0 Å². The summed E-state index contributed by atoms with van der Waals surface area (Å²) in [5.41, 5.74) is -0.749.